The molecule has 29 heavy (non-hydrogen) atoms. The van der Waals surface area contributed by atoms with Crippen LogP contribution in [0.2, 0.25) is 0 Å². The first-order valence-electron chi connectivity index (χ1n) is 8.75. The van der Waals surface area contributed by atoms with Crippen molar-refractivity contribution in [3.8, 4) is 0 Å². The number of ether oxygens (including phenoxy) is 1. The lowest BCUT2D eigenvalue weighted by Gasteiger charge is -2.50. The molecule has 1 aromatic rings. The van der Waals surface area contributed by atoms with E-state index in [9.17, 15) is 18.0 Å². The van der Waals surface area contributed by atoms with Gasteiger partial charge < -0.3 is 19.8 Å². The third kappa shape index (κ3) is 3.70. The van der Waals surface area contributed by atoms with Gasteiger partial charge in [0, 0.05) is 12.0 Å². The predicted octanol–water partition coefficient (Wildman–Crippen LogP) is -1.04. The molecule has 0 radical (unpaired) electrons. The number of hydrogen-bond acceptors (Lipinski definition) is 9. The Bertz CT molecular complexity index is 886. The maximum atomic E-state index is 12.7. The lowest BCUT2D eigenvalue weighted by molar-refractivity contribution is -0.194. The summed E-state index contributed by atoms with van der Waals surface area (Å²) in [6.45, 7) is 0.423. The molecule has 3 unspecified atom stereocenters. The number of nitrogens with zero attached hydrogens (tertiary/aromatic N) is 2. The van der Waals surface area contributed by atoms with E-state index in [0.29, 0.717) is 10.8 Å². The molecule has 13 nitrogen and oxygen atoms in total. The number of fused-ring (bicyclic) bond motifs is 3. The van der Waals surface area contributed by atoms with Crippen molar-refractivity contribution in [1.29, 1.82) is 0 Å². The van der Waals surface area contributed by atoms with Crippen molar-refractivity contribution in [2.75, 3.05) is 26.4 Å². The van der Waals surface area contributed by atoms with Crippen LogP contribution in [0.25, 0.3) is 0 Å². The Morgan fingerprint density at radius 3 is 2.83 bits per heavy atom. The molecular formula is C15H20N4O9S. The Balaban J connectivity index is 1.43. The van der Waals surface area contributed by atoms with Gasteiger partial charge in [0.1, 0.15) is 11.8 Å². The van der Waals surface area contributed by atoms with E-state index >= 15 is 0 Å². The largest absolute Gasteiger partial charge is 0.468 e. The van der Waals surface area contributed by atoms with Gasteiger partial charge in [-0.1, -0.05) is 0 Å². The zero-order valence-electron chi connectivity index (χ0n) is 15.1. The fourth-order valence-electron chi connectivity index (χ4n) is 3.88. The highest BCUT2D eigenvalue weighted by Gasteiger charge is 2.63. The van der Waals surface area contributed by atoms with Crippen LogP contribution >= 0.6 is 0 Å². The molecule has 3 saturated heterocycles. The first-order chi connectivity index (χ1) is 13.7. The molecule has 3 atom stereocenters. The quantitative estimate of drug-likeness (QED) is 0.356. The first-order valence-corrected chi connectivity index (χ1v) is 10.1. The third-order valence-corrected chi connectivity index (χ3v) is 5.72. The van der Waals surface area contributed by atoms with Gasteiger partial charge in [0.05, 0.1) is 38.2 Å². The minimum atomic E-state index is -4.91. The number of furan rings is 1. The highest BCUT2D eigenvalue weighted by molar-refractivity contribution is 7.80. The van der Waals surface area contributed by atoms with Crippen LogP contribution in [0.4, 0.5) is 4.79 Å². The average molecular weight is 432 g/mol. The molecule has 3 aliphatic heterocycles. The molecule has 3 fully saturated rings. The number of rotatable bonds is 7. The summed E-state index contributed by atoms with van der Waals surface area (Å²) in [5, 5.41) is 0.596. The molecule has 14 heteroatoms. The Hall–Kier alpha value is -2.23. The van der Waals surface area contributed by atoms with E-state index in [0.717, 1.165) is 0 Å². The second kappa shape index (κ2) is 7.23. The SMILES string of the molecule is NC(CONC(=O)C1CC2(COC2)C2CN1C(=O)N2OS(=O)(=O)O)c1ccco1. The summed E-state index contributed by atoms with van der Waals surface area (Å²) >= 11 is 0. The van der Waals surface area contributed by atoms with Crippen molar-refractivity contribution in [3.63, 3.8) is 0 Å². The smallest absolute Gasteiger partial charge is 0.418 e. The van der Waals surface area contributed by atoms with Gasteiger partial charge in [-0.3, -0.25) is 14.2 Å². The van der Waals surface area contributed by atoms with Crippen LogP contribution in [0, 0.1) is 5.41 Å². The summed E-state index contributed by atoms with van der Waals surface area (Å²) < 4.78 is 46.1. The molecule has 0 aliphatic carbocycles. The van der Waals surface area contributed by atoms with Crippen LogP contribution in [0.5, 0.6) is 0 Å². The van der Waals surface area contributed by atoms with Gasteiger partial charge in [0.2, 0.25) is 0 Å². The summed E-state index contributed by atoms with van der Waals surface area (Å²) in [5.74, 6) is -0.110. The van der Waals surface area contributed by atoms with Crippen LogP contribution in [0.1, 0.15) is 18.2 Å². The van der Waals surface area contributed by atoms with Crippen LogP contribution in [-0.2, 0) is 29.1 Å². The van der Waals surface area contributed by atoms with E-state index in [4.69, 9.17) is 24.3 Å². The summed E-state index contributed by atoms with van der Waals surface area (Å²) in [7, 11) is -4.91. The summed E-state index contributed by atoms with van der Waals surface area (Å²) in [4.78, 5) is 31.6. The minimum Gasteiger partial charge on any atom is -0.468 e. The minimum absolute atomic E-state index is 0.0434. The maximum Gasteiger partial charge on any atom is 0.418 e. The number of urea groups is 1. The lowest BCUT2D eigenvalue weighted by atomic mass is 9.71. The molecule has 1 spiro atoms. The third-order valence-electron chi connectivity index (χ3n) is 5.37. The molecule has 4 heterocycles. The van der Waals surface area contributed by atoms with Crippen molar-refractivity contribution in [2.24, 2.45) is 11.1 Å². The Morgan fingerprint density at radius 1 is 1.48 bits per heavy atom. The van der Waals surface area contributed by atoms with E-state index in [2.05, 4.69) is 9.76 Å². The number of carbonyl (C=O) groups is 2. The fourth-order valence-corrected chi connectivity index (χ4v) is 4.25. The van der Waals surface area contributed by atoms with Gasteiger partial charge in [-0.25, -0.2) is 10.3 Å². The number of hydrogen-bond donors (Lipinski definition) is 3. The molecule has 0 aromatic carbocycles. The lowest BCUT2D eigenvalue weighted by Crippen LogP contribution is -2.63. The van der Waals surface area contributed by atoms with Crippen molar-refractivity contribution in [1.82, 2.24) is 15.4 Å². The van der Waals surface area contributed by atoms with Crippen LogP contribution in [0.15, 0.2) is 22.8 Å². The Labute approximate surface area is 165 Å². The fraction of sp³-hybridized carbons (Fsp3) is 0.600. The van der Waals surface area contributed by atoms with E-state index in [-0.39, 0.29) is 32.8 Å². The number of piperidine rings is 1. The molecule has 4 N–H and O–H groups in total. The van der Waals surface area contributed by atoms with Crippen molar-refractivity contribution < 1.29 is 40.8 Å². The highest BCUT2D eigenvalue weighted by atomic mass is 32.3. The Morgan fingerprint density at radius 2 is 2.24 bits per heavy atom. The maximum absolute atomic E-state index is 12.7. The van der Waals surface area contributed by atoms with Gasteiger partial charge >= 0.3 is 16.4 Å². The first kappa shape index (κ1) is 20.1. The molecule has 160 valence electrons. The number of carbonyl (C=O) groups excluding carboxylic acids is 2. The second-order valence-electron chi connectivity index (χ2n) is 7.25. The average Bonchev–Trinajstić information content (AvgIpc) is 3.24. The number of nitrogens with one attached hydrogen (secondary N) is 1. The van der Waals surface area contributed by atoms with E-state index in [1.165, 1.54) is 11.2 Å². The molecule has 3 aliphatic rings. The molecule has 0 saturated carbocycles. The van der Waals surface area contributed by atoms with Crippen molar-refractivity contribution >= 4 is 22.3 Å². The molecule has 1 aromatic heterocycles. The number of nitrogens with two attached hydrogens (primary N) is 1. The van der Waals surface area contributed by atoms with Crippen molar-refractivity contribution in [3.05, 3.63) is 24.2 Å². The summed E-state index contributed by atoms with van der Waals surface area (Å²) in [6.07, 6.45) is 1.68. The highest BCUT2D eigenvalue weighted by Crippen LogP contribution is 2.47. The molecule has 2 bridgehead atoms. The number of hydroxylamine groups is 3. The van der Waals surface area contributed by atoms with Crippen LogP contribution in [-0.4, -0.2) is 73.3 Å². The van der Waals surface area contributed by atoms with Gasteiger partial charge in [-0.2, -0.15) is 13.5 Å². The predicted molar refractivity (Wildman–Crippen MR) is 91.8 cm³/mol. The van der Waals surface area contributed by atoms with Gasteiger partial charge in [0.25, 0.3) is 5.91 Å². The standard InChI is InChI=1S/C15H20N4O9S/c16-9(11-2-1-3-26-11)6-27-17-13(20)10-4-15(7-25-8-15)12-5-18(10)14(21)19(12)28-29(22,23)24/h1-3,9-10,12H,4-8,16H2,(H,17,20)(H,22,23,24). The van der Waals surface area contributed by atoms with Gasteiger partial charge in [-0.15, -0.1) is 4.28 Å². The molecule has 3 amide bonds. The number of amides is 3. The zero-order chi connectivity index (χ0) is 20.8. The van der Waals surface area contributed by atoms with E-state index in [1.54, 1.807) is 12.1 Å². The summed E-state index contributed by atoms with van der Waals surface area (Å²) in [6, 6.07) is 0.291. The van der Waals surface area contributed by atoms with Gasteiger partial charge in [0.15, 0.2) is 0 Å². The van der Waals surface area contributed by atoms with Crippen molar-refractivity contribution in [2.45, 2.75) is 24.5 Å². The van der Waals surface area contributed by atoms with Gasteiger partial charge in [-0.05, 0) is 18.6 Å². The Kier molecular flexibility index (Phi) is 5.00. The van der Waals surface area contributed by atoms with Crippen LogP contribution in [0.3, 0.4) is 0 Å². The normalized spacial score (nSPS) is 26.5. The van der Waals surface area contributed by atoms with E-state index < -0.39 is 45.9 Å². The van der Waals surface area contributed by atoms with E-state index in [1.807, 2.05) is 0 Å². The summed E-state index contributed by atoms with van der Waals surface area (Å²) in [5.41, 5.74) is 7.49. The molecular weight excluding hydrogens is 412 g/mol. The molecule has 4 rings (SSSR count). The zero-order valence-corrected chi connectivity index (χ0v) is 15.9. The topological polar surface area (TPSA) is 174 Å². The monoisotopic (exact) mass is 432 g/mol. The second-order valence-corrected chi connectivity index (χ2v) is 8.26. The van der Waals surface area contributed by atoms with Crippen LogP contribution < -0.4 is 11.2 Å².